The molecule has 0 radical (unpaired) electrons. The number of hydrogen-bond acceptors (Lipinski definition) is 4. The van der Waals surface area contributed by atoms with Crippen LogP contribution < -0.4 is 11.1 Å². The van der Waals surface area contributed by atoms with Crippen LogP contribution in [0.5, 0.6) is 0 Å². The van der Waals surface area contributed by atoms with Gasteiger partial charge in [0.15, 0.2) is 0 Å². The number of amides is 1. The first-order valence-corrected chi connectivity index (χ1v) is 7.90. The fourth-order valence-corrected chi connectivity index (χ4v) is 2.64. The first-order chi connectivity index (χ1) is 10.7. The number of esters is 1. The van der Waals surface area contributed by atoms with Crippen molar-refractivity contribution in [1.29, 1.82) is 0 Å². The van der Waals surface area contributed by atoms with Gasteiger partial charge in [-0.25, -0.2) is 0 Å². The van der Waals surface area contributed by atoms with Crippen molar-refractivity contribution in [3.8, 4) is 0 Å². The Morgan fingerprint density at radius 3 is 2.82 bits per heavy atom. The van der Waals surface area contributed by atoms with Gasteiger partial charge in [0.2, 0.25) is 5.91 Å². The zero-order chi connectivity index (χ0) is 15.8. The quantitative estimate of drug-likeness (QED) is 0.812. The zero-order valence-corrected chi connectivity index (χ0v) is 12.8. The van der Waals surface area contributed by atoms with Gasteiger partial charge in [-0.1, -0.05) is 43.2 Å². The van der Waals surface area contributed by atoms with Crippen LogP contribution in [0.15, 0.2) is 30.3 Å². The second-order valence-electron chi connectivity index (χ2n) is 5.77. The molecule has 0 aromatic heterocycles. The molecule has 0 saturated carbocycles. The highest BCUT2D eigenvalue weighted by Gasteiger charge is 2.26. The van der Waals surface area contributed by atoms with E-state index in [1.807, 2.05) is 30.3 Å². The number of ether oxygens (including phenoxy) is 1. The molecular weight excluding hydrogens is 280 g/mol. The van der Waals surface area contributed by atoms with E-state index >= 15 is 0 Å². The average Bonchev–Trinajstić information content (AvgIpc) is 2.53. The molecule has 5 heteroatoms. The summed E-state index contributed by atoms with van der Waals surface area (Å²) < 4.78 is 5.23. The minimum absolute atomic E-state index is 0.00556. The van der Waals surface area contributed by atoms with E-state index in [1.165, 1.54) is 0 Å². The summed E-state index contributed by atoms with van der Waals surface area (Å²) in [6.07, 6.45) is 4.25. The maximum absolute atomic E-state index is 12.0. The Morgan fingerprint density at radius 1 is 1.27 bits per heavy atom. The normalized spacial score (nSPS) is 20.4. The van der Waals surface area contributed by atoms with Crippen LogP contribution in [-0.4, -0.2) is 24.5 Å². The zero-order valence-electron chi connectivity index (χ0n) is 12.8. The maximum Gasteiger partial charge on any atom is 0.323 e. The van der Waals surface area contributed by atoms with Crippen molar-refractivity contribution in [1.82, 2.24) is 5.32 Å². The molecule has 2 unspecified atom stereocenters. The molecule has 0 aliphatic carbocycles. The van der Waals surface area contributed by atoms with Crippen LogP contribution in [-0.2, 0) is 20.9 Å². The number of nitrogens with one attached hydrogen (secondary N) is 1. The topological polar surface area (TPSA) is 81.4 Å². The number of carbonyl (C=O) groups is 2. The van der Waals surface area contributed by atoms with Gasteiger partial charge in [-0.15, -0.1) is 0 Å². The first kappa shape index (κ1) is 16.5. The van der Waals surface area contributed by atoms with Crippen LogP contribution in [0.4, 0.5) is 0 Å². The monoisotopic (exact) mass is 304 g/mol. The van der Waals surface area contributed by atoms with Gasteiger partial charge in [-0.05, 0) is 24.8 Å². The van der Waals surface area contributed by atoms with Gasteiger partial charge in [-0.3, -0.25) is 9.59 Å². The minimum atomic E-state index is -0.751. The highest BCUT2D eigenvalue weighted by Crippen LogP contribution is 2.18. The second kappa shape index (κ2) is 8.54. The van der Waals surface area contributed by atoms with E-state index in [0.29, 0.717) is 13.0 Å². The second-order valence-corrected chi connectivity index (χ2v) is 5.77. The Balaban J connectivity index is 1.80. The molecular formula is C17H24N2O3. The summed E-state index contributed by atoms with van der Waals surface area (Å²) >= 11 is 0. The van der Waals surface area contributed by atoms with Gasteiger partial charge in [0.05, 0.1) is 0 Å². The smallest absolute Gasteiger partial charge is 0.323 e. The van der Waals surface area contributed by atoms with Crippen LogP contribution >= 0.6 is 0 Å². The van der Waals surface area contributed by atoms with Crippen molar-refractivity contribution in [2.75, 3.05) is 6.54 Å². The van der Waals surface area contributed by atoms with Crippen molar-refractivity contribution in [3.05, 3.63) is 35.9 Å². The average molecular weight is 304 g/mol. The molecule has 120 valence electrons. The molecule has 1 fully saturated rings. The van der Waals surface area contributed by atoms with Crippen molar-refractivity contribution in [2.45, 2.75) is 44.8 Å². The fourth-order valence-electron chi connectivity index (χ4n) is 2.64. The van der Waals surface area contributed by atoms with Gasteiger partial charge >= 0.3 is 5.97 Å². The Labute approximate surface area is 131 Å². The third kappa shape index (κ3) is 5.15. The van der Waals surface area contributed by atoms with E-state index < -0.39 is 12.0 Å². The van der Waals surface area contributed by atoms with Crippen molar-refractivity contribution < 1.29 is 14.3 Å². The molecule has 1 amide bonds. The number of carbonyl (C=O) groups excluding carboxylic acids is 2. The molecule has 1 heterocycles. The summed E-state index contributed by atoms with van der Waals surface area (Å²) in [5.41, 5.74) is 6.83. The van der Waals surface area contributed by atoms with Gasteiger partial charge in [0.1, 0.15) is 12.6 Å². The standard InChI is InChI=1S/C17H24N2O3/c18-15(11-14-9-5-2-6-10-19-16(14)20)17(21)22-12-13-7-3-1-4-8-13/h1,3-4,7-8,14-15H,2,5-6,9-12,18H2,(H,19,20). The molecule has 1 aromatic rings. The highest BCUT2D eigenvalue weighted by molar-refractivity contribution is 5.81. The summed E-state index contributed by atoms with van der Waals surface area (Å²) in [6.45, 7) is 0.924. The van der Waals surface area contributed by atoms with Crippen LogP contribution in [0.3, 0.4) is 0 Å². The summed E-state index contributed by atoms with van der Waals surface area (Å²) in [7, 11) is 0. The Bertz CT molecular complexity index is 490. The van der Waals surface area contributed by atoms with Crippen LogP contribution in [0.1, 0.15) is 37.7 Å². The molecule has 22 heavy (non-hydrogen) atoms. The number of nitrogens with two attached hydrogens (primary N) is 1. The van der Waals surface area contributed by atoms with Crippen molar-refractivity contribution in [3.63, 3.8) is 0 Å². The van der Waals surface area contributed by atoms with Crippen molar-refractivity contribution in [2.24, 2.45) is 11.7 Å². The Kier molecular flexibility index (Phi) is 6.40. The molecule has 3 N–H and O–H groups in total. The van der Waals surface area contributed by atoms with E-state index in [4.69, 9.17) is 10.5 Å². The summed E-state index contributed by atoms with van der Waals surface area (Å²) in [6, 6.07) is 8.72. The lowest BCUT2D eigenvalue weighted by molar-refractivity contribution is -0.147. The van der Waals surface area contributed by atoms with E-state index in [1.54, 1.807) is 0 Å². The Hall–Kier alpha value is -1.88. The third-order valence-corrected chi connectivity index (χ3v) is 3.96. The molecule has 1 aromatic carbocycles. The van der Waals surface area contributed by atoms with E-state index in [0.717, 1.165) is 31.2 Å². The predicted molar refractivity (Wildman–Crippen MR) is 83.8 cm³/mol. The van der Waals surface area contributed by atoms with Crippen LogP contribution in [0, 0.1) is 5.92 Å². The molecule has 2 rings (SSSR count). The van der Waals surface area contributed by atoms with Crippen molar-refractivity contribution >= 4 is 11.9 Å². The van der Waals surface area contributed by atoms with Gasteiger partial charge in [0.25, 0.3) is 0 Å². The molecule has 1 aliphatic rings. The summed E-state index contributed by atoms with van der Waals surface area (Å²) in [5, 5.41) is 2.89. The minimum Gasteiger partial charge on any atom is -0.460 e. The predicted octanol–water partition coefficient (Wildman–Crippen LogP) is 1.75. The van der Waals surface area contributed by atoms with E-state index in [9.17, 15) is 9.59 Å². The number of benzene rings is 1. The SMILES string of the molecule is NC(CC1CCCCCNC1=O)C(=O)OCc1ccccc1. The Morgan fingerprint density at radius 2 is 2.05 bits per heavy atom. The molecule has 5 nitrogen and oxygen atoms in total. The lowest BCUT2D eigenvalue weighted by atomic mass is 9.92. The highest BCUT2D eigenvalue weighted by atomic mass is 16.5. The lowest BCUT2D eigenvalue weighted by Crippen LogP contribution is -2.40. The molecule has 1 aliphatic heterocycles. The summed E-state index contributed by atoms with van der Waals surface area (Å²) in [4.78, 5) is 24.0. The molecule has 0 bridgehead atoms. The van der Waals surface area contributed by atoms with E-state index in [2.05, 4.69) is 5.32 Å². The number of hydrogen-bond donors (Lipinski definition) is 2. The maximum atomic E-state index is 12.0. The molecule has 2 atom stereocenters. The van der Waals surface area contributed by atoms with Gasteiger partial charge in [-0.2, -0.15) is 0 Å². The van der Waals surface area contributed by atoms with Crippen LogP contribution in [0.2, 0.25) is 0 Å². The van der Waals surface area contributed by atoms with Crippen LogP contribution in [0.25, 0.3) is 0 Å². The summed E-state index contributed by atoms with van der Waals surface area (Å²) in [5.74, 6) is -0.635. The molecule has 1 saturated heterocycles. The largest absolute Gasteiger partial charge is 0.460 e. The fraction of sp³-hybridized carbons (Fsp3) is 0.529. The van der Waals surface area contributed by atoms with Gasteiger partial charge < -0.3 is 15.8 Å². The number of rotatable bonds is 5. The van der Waals surface area contributed by atoms with E-state index in [-0.39, 0.29) is 18.4 Å². The molecule has 0 spiro atoms. The first-order valence-electron chi connectivity index (χ1n) is 7.90. The van der Waals surface area contributed by atoms with Gasteiger partial charge in [0, 0.05) is 12.5 Å². The lowest BCUT2D eigenvalue weighted by Gasteiger charge is -2.22. The third-order valence-electron chi connectivity index (χ3n) is 3.96.